The average molecular weight is 466 g/mol. The molecule has 178 valence electrons. The predicted molar refractivity (Wildman–Crippen MR) is 125 cm³/mol. The van der Waals surface area contributed by atoms with Crippen molar-refractivity contribution in [2.75, 3.05) is 25.6 Å². The Hall–Kier alpha value is -3.56. The third kappa shape index (κ3) is 4.44. The predicted octanol–water partition coefficient (Wildman–Crippen LogP) is -0.821. The Morgan fingerprint density at radius 3 is 2.71 bits per heavy atom. The van der Waals surface area contributed by atoms with Gasteiger partial charge in [0.2, 0.25) is 5.91 Å². The summed E-state index contributed by atoms with van der Waals surface area (Å²) in [6, 6.07) is 5.44. The molecule has 2 unspecified atom stereocenters. The number of hydrogen-bond donors (Lipinski definition) is 4. The van der Waals surface area contributed by atoms with Crippen molar-refractivity contribution in [1.29, 1.82) is 0 Å². The lowest BCUT2D eigenvalue weighted by Gasteiger charge is -2.23. The van der Waals surface area contributed by atoms with Gasteiger partial charge in [-0.15, -0.1) is 6.42 Å². The Bertz CT molecular complexity index is 1200. The van der Waals surface area contributed by atoms with Crippen LogP contribution in [-0.4, -0.2) is 80.6 Å². The standard InChI is InChI=1S/C23H27N7O4/c1-4-13-5-7-14(8-6-13)9-15(24)22(33)28-17-16(10-31)34-23(19(17)32)30-12-27-18-20(29(2)3)25-11-26-21(18)30/h1,5-8,11-12,15-17,19,23,31-32H,9-10,24H2,2-3H3,(H,28,33)/t15?,16-,17?,19+,23-/m1/s1. The third-order valence-corrected chi connectivity index (χ3v) is 5.81. The van der Waals surface area contributed by atoms with Crippen molar-refractivity contribution >= 4 is 22.9 Å². The molecule has 1 amide bonds. The molecule has 0 spiro atoms. The molecular weight excluding hydrogens is 438 g/mol. The number of ether oxygens (including phenoxy) is 1. The second kappa shape index (κ2) is 9.74. The fourth-order valence-electron chi connectivity index (χ4n) is 4.01. The Labute approximate surface area is 196 Å². The lowest BCUT2D eigenvalue weighted by molar-refractivity contribution is -0.124. The zero-order valence-corrected chi connectivity index (χ0v) is 18.9. The minimum atomic E-state index is -1.18. The van der Waals surface area contributed by atoms with Gasteiger partial charge in [-0.3, -0.25) is 9.36 Å². The van der Waals surface area contributed by atoms with Gasteiger partial charge in [0, 0.05) is 19.7 Å². The zero-order valence-electron chi connectivity index (χ0n) is 18.9. The van der Waals surface area contributed by atoms with E-state index in [2.05, 4.69) is 26.2 Å². The molecule has 3 aromatic rings. The van der Waals surface area contributed by atoms with E-state index in [1.54, 1.807) is 21.6 Å². The summed E-state index contributed by atoms with van der Waals surface area (Å²) < 4.78 is 7.45. The van der Waals surface area contributed by atoms with Crippen LogP contribution in [0.4, 0.5) is 5.82 Å². The minimum absolute atomic E-state index is 0.282. The highest BCUT2D eigenvalue weighted by atomic mass is 16.5. The van der Waals surface area contributed by atoms with E-state index in [4.69, 9.17) is 16.9 Å². The molecule has 0 radical (unpaired) electrons. The van der Waals surface area contributed by atoms with E-state index in [0.717, 1.165) is 11.1 Å². The normalized spacial score (nSPS) is 22.9. The van der Waals surface area contributed by atoms with Crippen LogP contribution >= 0.6 is 0 Å². The van der Waals surface area contributed by atoms with Gasteiger partial charge in [0.25, 0.3) is 0 Å². The van der Waals surface area contributed by atoms with Crippen LogP contribution in [0, 0.1) is 12.3 Å². The van der Waals surface area contributed by atoms with Gasteiger partial charge in [-0.2, -0.15) is 0 Å². The van der Waals surface area contributed by atoms with Crippen LogP contribution in [0.1, 0.15) is 17.4 Å². The Kier molecular flexibility index (Phi) is 6.76. The summed E-state index contributed by atoms with van der Waals surface area (Å²) in [7, 11) is 3.67. The van der Waals surface area contributed by atoms with Crippen molar-refractivity contribution in [2.45, 2.75) is 36.9 Å². The van der Waals surface area contributed by atoms with E-state index in [9.17, 15) is 15.0 Å². The van der Waals surface area contributed by atoms with Crippen LogP contribution in [0.5, 0.6) is 0 Å². The molecule has 11 nitrogen and oxygen atoms in total. The number of aliphatic hydroxyl groups excluding tert-OH is 2. The number of nitrogens with zero attached hydrogens (tertiary/aromatic N) is 5. The van der Waals surface area contributed by atoms with Crippen molar-refractivity contribution < 1.29 is 19.7 Å². The van der Waals surface area contributed by atoms with Gasteiger partial charge in [-0.1, -0.05) is 18.1 Å². The molecular formula is C23H27N7O4. The molecule has 5 atom stereocenters. The number of imidazole rings is 1. The molecule has 3 heterocycles. The van der Waals surface area contributed by atoms with E-state index in [-0.39, 0.29) is 6.42 Å². The Morgan fingerprint density at radius 2 is 2.06 bits per heavy atom. The number of carbonyl (C=O) groups is 1. The number of anilines is 1. The number of hydrogen-bond acceptors (Lipinski definition) is 9. The lowest BCUT2D eigenvalue weighted by atomic mass is 10.0. The maximum absolute atomic E-state index is 12.8. The van der Waals surface area contributed by atoms with E-state index < -0.39 is 43.0 Å². The van der Waals surface area contributed by atoms with E-state index >= 15 is 0 Å². The van der Waals surface area contributed by atoms with E-state index in [1.165, 1.54) is 12.7 Å². The third-order valence-electron chi connectivity index (χ3n) is 5.81. The van der Waals surface area contributed by atoms with Crippen molar-refractivity contribution in [2.24, 2.45) is 5.73 Å². The number of fused-ring (bicyclic) bond motifs is 1. The molecule has 34 heavy (non-hydrogen) atoms. The number of nitrogens with one attached hydrogen (secondary N) is 1. The molecule has 0 bridgehead atoms. The van der Waals surface area contributed by atoms with Gasteiger partial charge in [-0.25, -0.2) is 15.0 Å². The maximum Gasteiger partial charge on any atom is 0.237 e. The Balaban J connectivity index is 1.50. The summed E-state index contributed by atoms with van der Waals surface area (Å²) in [6.07, 6.45) is 5.58. The first-order valence-electron chi connectivity index (χ1n) is 10.7. The zero-order chi connectivity index (χ0) is 24.4. The van der Waals surface area contributed by atoms with Gasteiger partial charge in [0.15, 0.2) is 23.2 Å². The molecule has 0 saturated carbocycles. The first kappa shape index (κ1) is 23.6. The average Bonchev–Trinajstić information content (AvgIpc) is 3.40. The highest BCUT2D eigenvalue weighted by Gasteiger charge is 2.46. The van der Waals surface area contributed by atoms with Gasteiger partial charge >= 0.3 is 0 Å². The molecule has 1 saturated heterocycles. The number of carbonyl (C=O) groups excluding carboxylic acids is 1. The fourth-order valence-corrected chi connectivity index (χ4v) is 4.01. The van der Waals surface area contributed by atoms with Crippen molar-refractivity contribution in [3.63, 3.8) is 0 Å². The number of aromatic nitrogens is 4. The first-order chi connectivity index (χ1) is 16.3. The fraction of sp³-hybridized carbons (Fsp3) is 0.391. The van der Waals surface area contributed by atoms with Crippen LogP contribution in [-0.2, 0) is 16.0 Å². The summed E-state index contributed by atoms with van der Waals surface area (Å²) in [6.45, 7) is -0.411. The van der Waals surface area contributed by atoms with Crippen molar-refractivity contribution in [3.8, 4) is 12.3 Å². The highest BCUT2D eigenvalue weighted by molar-refractivity contribution is 5.83. The van der Waals surface area contributed by atoms with Crippen LogP contribution in [0.15, 0.2) is 36.9 Å². The van der Waals surface area contributed by atoms with Crippen LogP contribution in [0.25, 0.3) is 11.2 Å². The molecule has 1 aromatic carbocycles. The number of rotatable bonds is 7. The number of terminal acetylenes is 1. The van der Waals surface area contributed by atoms with Gasteiger partial charge in [0.05, 0.1) is 25.0 Å². The number of aliphatic hydroxyl groups is 2. The van der Waals surface area contributed by atoms with E-state index in [0.29, 0.717) is 17.0 Å². The molecule has 1 aliphatic heterocycles. The summed E-state index contributed by atoms with van der Waals surface area (Å²) in [4.78, 5) is 27.5. The summed E-state index contributed by atoms with van der Waals surface area (Å²) in [5, 5.41) is 23.6. The molecule has 11 heteroatoms. The number of amides is 1. The molecule has 5 N–H and O–H groups in total. The largest absolute Gasteiger partial charge is 0.394 e. The molecule has 0 aliphatic carbocycles. The maximum atomic E-state index is 12.8. The second-order valence-corrected chi connectivity index (χ2v) is 8.34. The molecule has 2 aromatic heterocycles. The monoisotopic (exact) mass is 465 g/mol. The molecule has 4 rings (SSSR count). The van der Waals surface area contributed by atoms with Crippen LogP contribution in [0.3, 0.4) is 0 Å². The smallest absolute Gasteiger partial charge is 0.237 e. The summed E-state index contributed by atoms with van der Waals surface area (Å²) in [5.41, 5.74) is 8.68. The lowest BCUT2D eigenvalue weighted by Crippen LogP contribution is -2.53. The SMILES string of the molecule is C#Cc1ccc(CC(N)C(=O)NC2[C@@H](CO)O[C@@H](n3cnc4c(N(C)C)ncnc43)[C@H]2O)cc1. The topological polar surface area (TPSA) is 152 Å². The quantitative estimate of drug-likeness (QED) is 0.328. The van der Waals surface area contributed by atoms with Gasteiger partial charge in [-0.05, 0) is 24.1 Å². The number of benzene rings is 1. The summed E-state index contributed by atoms with van der Waals surface area (Å²) in [5.74, 6) is 2.68. The van der Waals surface area contributed by atoms with Gasteiger partial charge in [0.1, 0.15) is 18.5 Å². The molecule has 1 aliphatic rings. The van der Waals surface area contributed by atoms with Gasteiger partial charge < -0.3 is 30.9 Å². The second-order valence-electron chi connectivity index (χ2n) is 8.34. The van der Waals surface area contributed by atoms with Crippen LogP contribution in [0.2, 0.25) is 0 Å². The number of nitrogens with two attached hydrogens (primary N) is 1. The highest BCUT2D eigenvalue weighted by Crippen LogP contribution is 2.32. The minimum Gasteiger partial charge on any atom is -0.394 e. The van der Waals surface area contributed by atoms with E-state index in [1.807, 2.05) is 26.2 Å². The Morgan fingerprint density at radius 1 is 1.32 bits per heavy atom. The van der Waals surface area contributed by atoms with Crippen molar-refractivity contribution in [1.82, 2.24) is 24.8 Å². The van der Waals surface area contributed by atoms with Crippen LogP contribution < -0.4 is 16.0 Å². The first-order valence-corrected chi connectivity index (χ1v) is 10.7. The van der Waals surface area contributed by atoms with Crippen molar-refractivity contribution in [3.05, 3.63) is 48.0 Å². The summed E-state index contributed by atoms with van der Waals surface area (Å²) >= 11 is 0. The molecule has 1 fully saturated rings.